The fourth-order valence-electron chi connectivity index (χ4n) is 2.37. The molecular weight excluding hydrogens is 222 g/mol. The van der Waals surface area contributed by atoms with Gasteiger partial charge in [-0.25, -0.2) is 0 Å². The number of hydrogen-bond donors (Lipinski definition) is 1. The van der Waals surface area contributed by atoms with E-state index in [9.17, 15) is 0 Å². The van der Waals surface area contributed by atoms with Crippen LogP contribution in [-0.4, -0.2) is 16.3 Å². The number of aryl methyl sites for hydroxylation is 2. The van der Waals surface area contributed by atoms with Gasteiger partial charge in [-0.1, -0.05) is 25.8 Å². The van der Waals surface area contributed by atoms with Crippen LogP contribution < -0.4 is 5.32 Å². The molecule has 0 aromatic carbocycles. The van der Waals surface area contributed by atoms with Gasteiger partial charge < -0.3 is 5.32 Å². The third kappa shape index (κ3) is 4.65. The molecule has 1 heterocycles. The molecule has 0 aliphatic rings. The molecule has 1 aromatic rings. The summed E-state index contributed by atoms with van der Waals surface area (Å²) in [6.07, 6.45) is 8.13. The third-order valence-corrected chi connectivity index (χ3v) is 3.25. The topological polar surface area (TPSA) is 29.9 Å². The molecule has 18 heavy (non-hydrogen) atoms. The fourth-order valence-corrected chi connectivity index (χ4v) is 2.37. The van der Waals surface area contributed by atoms with Gasteiger partial charge in [0.05, 0.1) is 11.4 Å². The largest absolute Gasteiger partial charge is 0.309 e. The van der Waals surface area contributed by atoms with Crippen molar-refractivity contribution in [3.63, 3.8) is 0 Å². The molecule has 1 unspecified atom stereocenters. The van der Waals surface area contributed by atoms with Crippen LogP contribution in [0.5, 0.6) is 0 Å². The third-order valence-electron chi connectivity index (χ3n) is 3.25. The molecule has 0 amide bonds. The van der Waals surface area contributed by atoms with Gasteiger partial charge in [0.2, 0.25) is 0 Å². The number of hydrogen-bond acceptors (Lipinski definition) is 2. The van der Waals surface area contributed by atoms with Crippen LogP contribution in [0, 0.1) is 6.92 Å². The lowest BCUT2D eigenvalue weighted by atomic mass is 10.0. The Morgan fingerprint density at radius 2 is 2.22 bits per heavy atom. The summed E-state index contributed by atoms with van der Waals surface area (Å²) in [5.41, 5.74) is 2.40. The quantitative estimate of drug-likeness (QED) is 0.536. The van der Waals surface area contributed by atoms with E-state index < -0.39 is 0 Å². The number of unbranched alkanes of at least 4 members (excludes halogenated alkanes) is 3. The highest BCUT2D eigenvalue weighted by Gasteiger charge is 2.14. The first-order valence-electron chi connectivity index (χ1n) is 7.03. The minimum absolute atomic E-state index is 0.435. The average molecular weight is 249 g/mol. The van der Waals surface area contributed by atoms with Gasteiger partial charge in [0.15, 0.2) is 0 Å². The zero-order valence-electron chi connectivity index (χ0n) is 12.1. The first-order valence-corrected chi connectivity index (χ1v) is 7.03. The zero-order chi connectivity index (χ0) is 13.4. The molecule has 102 valence electrons. The smallest absolute Gasteiger partial charge is 0.0597 e. The van der Waals surface area contributed by atoms with E-state index in [0.29, 0.717) is 6.04 Å². The lowest BCUT2D eigenvalue weighted by molar-refractivity contribution is 0.456. The lowest BCUT2D eigenvalue weighted by Gasteiger charge is -2.18. The Morgan fingerprint density at radius 3 is 2.78 bits per heavy atom. The molecule has 3 heteroatoms. The van der Waals surface area contributed by atoms with Crippen LogP contribution in [0.3, 0.4) is 0 Å². The van der Waals surface area contributed by atoms with Gasteiger partial charge in [-0.3, -0.25) is 4.68 Å². The van der Waals surface area contributed by atoms with E-state index in [1.165, 1.54) is 31.4 Å². The molecule has 3 nitrogen and oxygen atoms in total. The molecular formula is C15H27N3. The molecule has 0 aliphatic carbocycles. The Balaban J connectivity index is 2.49. The lowest BCUT2D eigenvalue weighted by Crippen LogP contribution is -2.23. The van der Waals surface area contributed by atoms with E-state index >= 15 is 0 Å². The molecule has 0 saturated carbocycles. The van der Waals surface area contributed by atoms with Crippen molar-refractivity contribution in [2.75, 3.05) is 6.54 Å². The zero-order valence-corrected chi connectivity index (χ0v) is 12.1. The van der Waals surface area contributed by atoms with Crippen molar-refractivity contribution < 1.29 is 0 Å². The van der Waals surface area contributed by atoms with Gasteiger partial charge in [0.25, 0.3) is 0 Å². The maximum absolute atomic E-state index is 4.44. The van der Waals surface area contributed by atoms with E-state index in [-0.39, 0.29) is 0 Å². The van der Waals surface area contributed by atoms with E-state index in [0.717, 1.165) is 18.7 Å². The number of allylic oxidation sites excluding steroid dienone is 1. The summed E-state index contributed by atoms with van der Waals surface area (Å²) in [6, 6.07) is 2.63. The molecule has 0 fully saturated rings. The highest BCUT2D eigenvalue weighted by molar-refractivity contribution is 5.13. The normalized spacial score (nSPS) is 12.6. The van der Waals surface area contributed by atoms with Crippen LogP contribution in [-0.2, 0) is 7.05 Å². The number of nitrogens with zero attached hydrogens (tertiary/aromatic N) is 2. The van der Waals surface area contributed by atoms with E-state index in [1.807, 2.05) is 17.8 Å². The molecule has 1 rings (SSSR count). The first-order chi connectivity index (χ1) is 8.69. The number of rotatable bonds is 9. The highest BCUT2D eigenvalue weighted by atomic mass is 15.3. The minimum Gasteiger partial charge on any atom is -0.309 e. The van der Waals surface area contributed by atoms with Gasteiger partial charge in [0, 0.05) is 13.1 Å². The first kappa shape index (κ1) is 15.0. The molecule has 1 N–H and O–H groups in total. The number of nitrogens with one attached hydrogen (secondary N) is 1. The second-order valence-corrected chi connectivity index (χ2v) is 4.87. The van der Waals surface area contributed by atoms with Crippen molar-refractivity contribution in [1.82, 2.24) is 15.1 Å². The van der Waals surface area contributed by atoms with Crippen molar-refractivity contribution in [2.45, 2.75) is 52.0 Å². The van der Waals surface area contributed by atoms with Crippen LogP contribution in [0.15, 0.2) is 18.7 Å². The maximum Gasteiger partial charge on any atom is 0.0597 e. The molecule has 1 atom stereocenters. The van der Waals surface area contributed by atoms with Gasteiger partial charge in [-0.15, -0.1) is 6.58 Å². The standard InChI is InChI=1S/C15H27N3/c1-5-7-8-9-10-11-14(16-6-2)15-12-13(3)17-18(15)4/h5,12,14,16H,1,6-11H2,2-4H3. The summed E-state index contributed by atoms with van der Waals surface area (Å²) in [5, 5.41) is 8.00. The van der Waals surface area contributed by atoms with E-state index in [2.05, 4.69) is 36.9 Å². The fraction of sp³-hybridized carbons (Fsp3) is 0.667. The maximum atomic E-state index is 4.44. The van der Waals surface area contributed by atoms with Crippen LogP contribution in [0.1, 0.15) is 56.5 Å². The van der Waals surface area contributed by atoms with Crippen molar-refractivity contribution in [3.05, 3.63) is 30.1 Å². The van der Waals surface area contributed by atoms with Crippen molar-refractivity contribution in [3.8, 4) is 0 Å². The molecule has 0 spiro atoms. The summed E-state index contributed by atoms with van der Waals surface area (Å²) in [7, 11) is 2.03. The second-order valence-electron chi connectivity index (χ2n) is 4.87. The van der Waals surface area contributed by atoms with Gasteiger partial charge in [0.1, 0.15) is 0 Å². The van der Waals surface area contributed by atoms with E-state index in [1.54, 1.807) is 0 Å². The molecule has 0 radical (unpaired) electrons. The molecule has 1 aromatic heterocycles. The van der Waals surface area contributed by atoms with Crippen LogP contribution in [0.2, 0.25) is 0 Å². The highest BCUT2D eigenvalue weighted by Crippen LogP contribution is 2.20. The van der Waals surface area contributed by atoms with Crippen molar-refractivity contribution >= 4 is 0 Å². The van der Waals surface area contributed by atoms with E-state index in [4.69, 9.17) is 0 Å². The van der Waals surface area contributed by atoms with Crippen molar-refractivity contribution in [2.24, 2.45) is 7.05 Å². The second kappa shape index (κ2) is 8.09. The Bertz CT molecular complexity index is 355. The molecule has 0 bridgehead atoms. The Kier molecular flexibility index (Phi) is 6.73. The van der Waals surface area contributed by atoms with Gasteiger partial charge in [-0.2, -0.15) is 5.10 Å². The minimum atomic E-state index is 0.435. The average Bonchev–Trinajstić information content (AvgIpc) is 2.67. The molecule has 0 saturated heterocycles. The van der Waals surface area contributed by atoms with Crippen LogP contribution >= 0.6 is 0 Å². The Hall–Kier alpha value is -1.09. The molecule has 0 aliphatic heterocycles. The summed E-state index contributed by atoms with van der Waals surface area (Å²) >= 11 is 0. The Morgan fingerprint density at radius 1 is 1.44 bits per heavy atom. The Labute approximate surface area is 111 Å². The monoisotopic (exact) mass is 249 g/mol. The van der Waals surface area contributed by atoms with Crippen molar-refractivity contribution in [1.29, 1.82) is 0 Å². The predicted molar refractivity (Wildman–Crippen MR) is 77.6 cm³/mol. The summed E-state index contributed by atoms with van der Waals surface area (Å²) in [6.45, 7) is 8.98. The summed E-state index contributed by atoms with van der Waals surface area (Å²) in [5.74, 6) is 0. The van der Waals surface area contributed by atoms with Gasteiger partial charge in [-0.05, 0) is 38.8 Å². The van der Waals surface area contributed by atoms with Gasteiger partial charge >= 0.3 is 0 Å². The summed E-state index contributed by atoms with van der Waals surface area (Å²) in [4.78, 5) is 0. The summed E-state index contributed by atoms with van der Waals surface area (Å²) < 4.78 is 2.01. The SMILES string of the molecule is C=CCCCCCC(NCC)c1cc(C)nn1C. The number of aromatic nitrogens is 2. The van der Waals surface area contributed by atoms with Crippen LogP contribution in [0.4, 0.5) is 0 Å². The predicted octanol–water partition coefficient (Wildman–Crippen LogP) is 3.52. The van der Waals surface area contributed by atoms with Crippen LogP contribution in [0.25, 0.3) is 0 Å².